The van der Waals surface area contributed by atoms with Crippen LogP contribution in [0.15, 0.2) is 48.5 Å². The second-order valence-corrected chi connectivity index (χ2v) is 3.97. The summed E-state index contributed by atoms with van der Waals surface area (Å²) in [6, 6.07) is 16.7. The summed E-state index contributed by atoms with van der Waals surface area (Å²) in [6.07, 6.45) is 0. The Morgan fingerprint density at radius 3 is 1.60 bits per heavy atom. The van der Waals surface area contributed by atoms with Crippen LogP contribution in [-0.4, -0.2) is 0 Å². The van der Waals surface area contributed by atoms with Gasteiger partial charge in [-0.05, 0) is 22.3 Å². The molecule has 2 aromatic rings. The summed E-state index contributed by atoms with van der Waals surface area (Å²) in [5.41, 5.74) is 5.02. The predicted molar refractivity (Wildman–Crippen MR) is 66.8 cm³/mol. The van der Waals surface area contributed by atoms with Crippen molar-refractivity contribution in [1.29, 1.82) is 0 Å². The Kier molecular flexibility index (Phi) is 2.72. The van der Waals surface area contributed by atoms with E-state index in [9.17, 15) is 0 Å². The second-order valence-electron chi connectivity index (χ2n) is 3.54. The highest BCUT2D eigenvalue weighted by atomic mass is 35.5. The molecule has 15 heavy (non-hydrogen) atoms. The number of benzene rings is 2. The third-order valence-electron chi connectivity index (χ3n) is 2.76. The third-order valence-corrected chi connectivity index (χ3v) is 3.23. The molecule has 1 aliphatic rings. The van der Waals surface area contributed by atoms with E-state index in [1.807, 2.05) is 12.1 Å². The molecule has 0 saturated carbocycles. The van der Waals surface area contributed by atoms with Crippen molar-refractivity contribution in [2.45, 2.75) is 5.38 Å². The summed E-state index contributed by atoms with van der Waals surface area (Å²) in [6.45, 7) is 0. The number of fused-ring (bicyclic) bond motifs is 3. The van der Waals surface area contributed by atoms with Gasteiger partial charge in [-0.15, -0.1) is 24.0 Å². The number of halogens is 2. The summed E-state index contributed by atoms with van der Waals surface area (Å²) in [5, 5.41) is 0.0300. The third kappa shape index (κ3) is 1.45. The molecule has 2 heteroatoms. The fraction of sp³-hybridized carbons (Fsp3) is 0.0769. The first kappa shape index (κ1) is 10.5. The van der Waals surface area contributed by atoms with Crippen LogP contribution in [0.1, 0.15) is 16.5 Å². The van der Waals surface area contributed by atoms with Crippen LogP contribution in [0.2, 0.25) is 0 Å². The molecular weight excluding hydrogens is 227 g/mol. The fourth-order valence-corrected chi connectivity index (χ4v) is 2.47. The maximum Gasteiger partial charge on any atom is 0.0847 e. The van der Waals surface area contributed by atoms with Gasteiger partial charge >= 0.3 is 0 Å². The predicted octanol–water partition coefficient (Wildman–Crippen LogP) is 4.42. The van der Waals surface area contributed by atoms with Crippen LogP contribution in [0.4, 0.5) is 0 Å². The smallest absolute Gasteiger partial charge is 0.0847 e. The van der Waals surface area contributed by atoms with Crippen LogP contribution in [0.25, 0.3) is 11.1 Å². The minimum absolute atomic E-state index is 0. The van der Waals surface area contributed by atoms with Crippen LogP contribution in [0, 0.1) is 0 Å². The number of alkyl halides is 1. The minimum atomic E-state index is 0. The second kappa shape index (κ2) is 3.88. The van der Waals surface area contributed by atoms with Crippen LogP contribution < -0.4 is 0 Å². The molecule has 0 saturated heterocycles. The zero-order valence-corrected chi connectivity index (χ0v) is 9.55. The summed E-state index contributed by atoms with van der Waals surface area (Å²) >= 11 is 6.37. The number of hydrogen-bond acceptors (Lipinski definition) is 0. The average molecular weight is 237 g/mol. The van der Waals surface area contributed by atoms with E-state index in [0.717, 1.165) is 0 Å². The van der Waals surface area contributed by atoms with Gasteiger partial charge in [-0.2, -0.15) is 0 Å². The molecule has 0 heterocycles. The minimum Gasteiger partial charge on any atom is -0.147 e. The highest BCUT2D eigenvalue weighted by molar-refractivity contribution is 6.24. The van der Waals surface area contributed by atoms with Crippen LogP contribution >= 0.6 is 24.0 Å². The normalized spacial score (nSPS) is 12.9. The van der Waals surface area contributed by atoms with Crippen molar-refractivity contribution in [2.75, 3.05) is 0 Å². The molecule has 0 nitrogen and oxygen atoms in total. The maximum absolute atomic E-state index is 6.37. The van der Waals surface area contributed by atoms with Gasteiger partial charge in [0.05, 0.1) is 5.38 Å². The molecule has 0 radical (unpaired) electrons. The summed E-state index contributed by atoms with van der Waals surface area (Å²) in [7, 11) is 0. The molecule has 1 aliphatic carbocycles. The van der Waals surface area contributed by atoms with E-state index < -0.39 is 0 Å². The Bertz CT molecular complexity index is 446. The maximum atomic E-state index is 6.37. The fourth-order valence-electron chi connectivity index (χ4n) is 2.09. The van der Waals surface area contributed by atoms with Gasteiger partial charge in [0.25, 0.3) is 0 Å². The van der Waals surface area contributed by atoms with Crippen molar-refractivity contribution in [1.82, 2.24) is 0 Å². The van der Waals surface area contributed by atoms with E-state index in [1.54, 1.807) is 0 Å². The van der Waals surface area contributed by atoms with Crippen LogP contribution in [0.5, 0.6) is 0 Å². The lowest BCUT2D eigenvalue weighted by atomic mass is 10.1. The van der Waals surface area contributed by atoms with E-state index in [-0.39, 0.29) is 17.8 Å². The molecular formula is C13H10Cl2. The molecule has 0 amide bonds. The van der Waals surface area contributed by atoms with Gasteiger partial charge in [-0.1, -0.05) is 48.5 Å². The molecule has 3 rings (SSSR count). The van der Waals surface area contributed by atoms with Crippen molar-refractivity contribution >= 4 is 24.0 Å². The first-order valence-electron chi connectivity index (χ1n) is 4.70. The summed E-state index contributed by atoms with van der Waals surface area (Å²) in [4.78, 5) is 0. The number of rotatable bonds is 0. The van der Waals surface area contributed by atoms with Gasteiger partial charge in [-0.3, -0.25) is 0 Å². The molecule has 0 bridgehead atoms. The van der Waals surface area contributed by atoms with Crippen molar-refractivity contribution in [3.8, 4) is 11.1 Å². The summed E-state index contributed by atoms with van der Waals surface area (Å²) in [5.74, 6) is 0. The van der Waals surface area contributed by atoms with Crippen molar-refractivity contribution < 1.29 is 0 Å². The zero-order valence-electron chi connectivity index (χ0n) is 7.98. The van der Waals surface area contributed by atoms with Crippen LogP contribution in [0.3, 0.4) is 0 Å². The number of hydrogen-bond donors (Lipinski definition) is 0. The Morgan fingerprint density at radius 1 is 0.733 bits per heavy atom. The lowest BCUT2D eigenvalue weighted by molar-refractivity contribution is 1.20. The SMILES string of the molecule is Cl.ClC1c2ccccc2-c2ccccc21. The van der Waals surface area contributed by atoms with Gasteiger partial charge < -0.3 is 0 Å². The quantitative estimate of drug-likeness (QED) is 0.595. The largest absolute Gasteiger partial charge is 0.147 e. The van der Waals surface area contributed by atoms with Crippen molar-refractivity contribution in [2.24, 2.45) is 0 Å². The molecule has 76 valence electrons. The highest BCUT2D eigenvalue weighted by Crippen LogP contribution is 2.46. The lowest BCUT2D eigenvalue weighted by Crippen LogP contribution is -1.84. The van der Waals surface area contributed by atoms with E-state index in [1.165, 1.54) is 22.3 Å². The molecule has 2 aromatic carbocycles. The first-order chi connectivity index (χ1) is 6.88. The van der Waals surface area contributed by atoms with E-state index >= 15 is 0 Å². The van der Waals surface area contributed by atoms with E-state index in [0.29, 0.717) is 0 Å². The molecule has 0 fully saturated rings. The Balaban J connectivity index is 0.000000853. The first-order valence-corrected chi connectivity index (χ1v) is 5.14. The van der Waals surface area contributed by atoms with Gasteiger partial charge in [0.2, 0.25) is 0 Å². The van der Waals surface area contributed by atoms with Crippen molar-refractivity contribution in [3.63, 3.8) is 0 Å². The van der Waals surface area contributed by atoms with Crippen molar-refractivity contribution in [3.05, 3.63) is 59.7 Å². The Labute approximate surface area is 100 Å². The molecule has 0 spiro atoms. The topological polar surface area (TPSA) is 0 Å². The van der Waals surface area contributed by atoms with E-state index in [4.69, 9.17) is 11.6 Å². The van der Waals surface area contributed by atoms with E-state index in [2.05, 4.69) is 36.4 Å². The monoisotopic (exact) mass is 236 g/mol. The van der Waals surface area contributed by atoms with Gasteiger partial charge in [0, 0.05) is 0 Å². The standard InChI is InChI=1S/C13H9Cl.ClH/c14-13-11-7-3-1-5-9(11)10-6-2-4-8-12(10)13;/h1-8,13H;1H. The molecule has 0 atom stereocenters. The lowest BCUT2D eigenvalue weighted by Gasteiger charge is -2.01. The van der Waals surface area contributed by atoms with Gasteiger partial charge in [-0.25, -0.2) is 0 Å². The van der Waals surface area contributed by atoms with Gasteiger partial charge in [0.1, 0.15) is 0 Å². The highest BCUT2D eigenvalue weighted by Gasteiger charge is 2.25. The molecule has 0 aliphatic heterocycles. The molecule has 0 unspecified atom stereocenters. The Morgan fingerprint density at radius 2 is 1.13 bits per heavy atom. The van der Waals surface area contributed by atoms with Gasteiger partial charge in [0.15, 0.2) is 0 Å². The molecule has 0 aromatic heterocycles. The summed E-state index contributed by atoms with van der Waals surface area (Å²) < 4.78 is 0. The zero-order chi connectivity index (χ0) is 9.54. The average Bonchev–Trinajstić information content (AvgIpc) is 2.55. The van der Waals surface area contributed by atoms with Crippen LogP contribution in [-0.2, 0) is 0 Å². The Hall–Kier alpha value is -0.980. The molecule has 0 N–H and O–H groups in total.